The molecular weight excluding hydrogens is 672 g/mol. The normalized spacial score (nSPS) is 15.8. The fourth-order valence-corrected chi connectivity index (χ4v) is 5.78. The number of nitro benzene ring substituents is 1. The van der Waals surface area contributed by atoms with E-state index < -0.39 is 34.6 Å². The largest absolute Gasteiger partial charge is 0.514 e. The first-order valence-corrected chi connectivity index (χ1v) is 15.8. The number of carboxylic acids is 1. The third-order valence-corrected chi connectivity index (χ3v) is 8.41. The smallest absolute Gasteiger partial charge is 0.496 e. The number of nitrogens with zero attached hydrogens (tertiary/aromatic N) is 1. The molecule has 0 aliphatic carbocycles. The summed E-state index contributed by atoms with van der Waals surface area (Å²) in [4.78, 5) is 48.3. The molecule has 0 aromatic heterocycles. The molecule has 0 saturated carbocycles. The van der Waals surface area contributed by atoms with E-state index in [0.29, 0.717) is 63.8 Å². The van der Waals surface area contributed by atoms with Crippen LogP contribution in [0.3, 0.4) is 0 Å². The summed E-state index contributed by atoms with van der Waals surface area (Å²) >= 11 is 6.04. The van der Waals surface area contributed by atoms with Gasteiger partial charge in [0.15, 0.2) is 5.60 Å². The van der Waals surface area contributed by atoms with Gasteiger partial charge in [-0.25, -0.2) is 9.59 Å². The highest BCUT2D eigenvalue weighted by molar-refractivity contribution is 6.30. The maximum absolute atomic E-state index is 13.5. The van der Waals surface area contributed by atoms with Gasteiger partial charge >= 0.3 is 12.1 Å². The number of nitro groups is 1. The number of benzene rings is 4. The standard InChI is InChI=1S/C36H33ClN2O11/c1-46-30-19-23(21-48-35(43)50-28-14-12-27(13-15-28)39(44)45)20-31(47-2)32(30)24-6-4-22(5-7-24)18-29(33(40)41)38-34(42)36(16-3-17-49-36)25-8-10-26(37)11-9-25/h4-15,19-20,29H,3,16-18,21H2,1-2H3,(H,38,42)(H,40,41)/t29-,36?/m0/s1. The number of non-ortho nitro benzene ring substituents is 1. The van der Waals surface area contributed by atoms with Crippen LogP contribution in [0.2, 0.25) is 5.02 Å². The number of hydrogen-bond acceptors (Lipinski definition) is 10. The number of rotatable bonds is 13. The van der Waals surface area contributed by atoms with Gasteiger partial charge in [0.25, 0.3) is 11.6 Å². The lowest BCUT2D eigenvalue weighted by Gasteiger charge is -2.29. The molecule has 5 rings (SSSR count). The van der Waals surface area contributed by atoms with Crippen LogP contribution in [-0.4, -0.2) is 54.9 Å². The summed E-state index contributed by atoms with van der Waals surface area (Å²) in [7, 11) is 2.95. The molecule has 0 radical (unpaired) electrons. The quantitative estimate of drug-likeness (QED) is 0.0676. The SMILES string of the molecule is COc1cc(COC(=O)Oc2ccc([N+](=O)[O-])cc2)cc(OC)c1-c1ccc(C[C@H](NC(=O)C2(c3ccc(Cl)cc3)CCCO2)C(=O)O)cc1. The number of halogens is 1. The van der Waals surface area contributed by atoms with Crippen molar-refractivity contribution in [1.29, 1.82) is 0 Å². The number of carbonyl (C=O) groups is 3. The van der Waals surface area contributed by atoms with Crippen molar-refractivity contribution in [3.63, 3.8) is 0 Å². The first-order valence-electron chi connectivity index (χ1n) is 15.4. The zero-order valence-corrected chi connectivity index (χ0v) is 27.8. The summed E-state index contributed by atoms with van der Waals surface area (Å²) in [5.74, 6) is -0.807. The van der Waals surface area contributed by atoms with Gasteiger partial charge in [0, 0.05) is 30.2 Å². The van der Waals surface area contributed by atoms with Crippen molar-refractivity contribution in [2.45, 2.75) is 37.5 Å². The first kappa shape index (κ1) is 35.6. The summed E-state index contributed by atoms with van der Waals surface area (Å²) in [6.07, 6.45) is 0.0525. The summed E-state index contributed by atoms with van der Waals surface area (Å²) in [5, 5.41) is 24.0. The van der Waals surface area contributed by atoms with Crippen molar-refractivity contribution in [2.75, 3.05) is 20.8 Å². The molecule has 4 aromatic rings. The van der Waals surface area contributed by atoms with Crippen LogP contribution in [-0.2, 0) is 37.7 Å². The van der Waals surface area contributed by atoms with Crippen LogP contribution in [0.15, 0.2) is 84.9 Å². The van der Waals surface area contributed by atoms with Crippen LogP contribution >= 0.6 is 11.6 Å². The maximum Gasteiger partial charge on any atom is 0.514 e. The molecule has 4 aromatic carbocycles. The Morgan fingerprint density at radius 2 is 1.60 bits per heavy atom. The lowest BCUT2D eigenvalue weighted by Crippen LogP contribution is -2.51. The minimum absolute atomic E-state index is 0.0125. The Balaban J connectivity index is 1.27. The van der Waals surface area contributed by atoms with E-state index >= 15 is 0 Å². The van der Waals surface area contributed by atoms with Gasteiger partial charge in [-0.2, -0.15) is 0 Å². The molecule has 1 amide bonds. The molecule has 1 aliphatic heterocycles. The highest BCUT2D eigenvalue weighted by Gasteiger charge is 2.45. The van der Waals surface area contributed by atoms with Gasteiger partial charge in [-0.15, -0.1) is 0 Å². The van der Waals surface area contributed by atoms with Crippen LogP contribution in [0.25, 0.3) is 11.1 Å². The number of nitrogens with one attached hydrogen (secondary N) is 1. The summed E-state index contributed by atoms with van der Waals surface area (Å²) in [5.41, 5.74) is 1.64. The molecule has 50 heavy (non-hydrogen) atoms. The Hall–Kier alpha value is -5.66. The van der Waals surface area contributed by atoms with E-state index in [9.17, 15) is 29.6 Å². The number of amides is 1. The zero-order chi connectivity index (χ0) is 35.8. The van der Waals surface area contributed by atoms with Gasteiger partial charge in [0.05, 0.1) is 24.7 Å². The second-order valence-corrected chi connectivity index (χ2v) is 11.8. The van der Waals surface area contributed by atoms with Crippen LogP contribution in [0.5, 0.6) is 17.2 Å². The highest BCUT2D eigenvalue weighted by atomic mass is 35.5. The molecule has 1 unspecified atom stereocenters. The average Bonchev–Trinajstić information content (AvgIpc) is 3.62. The third-order valence-electron chi connectivity index (χ3n) is 8.16. The van der Waals surface area contributed by atoms with Crippen molar-refractivity contribution in [2.24, 2.45) is 0 Å². The minimum Gasteiger partial charge on any atom is -0.496 e. The number of aliphatic carboxylic acids is 1. The highest BCUT2D eigenvalue weighted by Crippen LogP contribution is 2.40. The van der Waals surface area contributed by atoms with E-state index in [0.717, 1.165) is 0 Å². The van der Waals surface area contributed by atoms with Crippen molar-refractivity contribution in [1.82, 2.24) is 5.32 Å². The van der Waals surface area contributed by atoms with Crippen LogP contribution < -0.4 is 19.5 Å². The van der Waals surface area contributed by atoms with Crippen molar-refractivity contribution in [3.05, 3.63) is 117 Å². The van der Waals surface area contributed by atoms with Gasteiger partial charge in [-0.1, -0.05) is 48.0 Å². The maximum atomic E-state index is 13.5. The molecule has 0 bridgehead atoms. The number of methoxy groups -OCH3 is 2. The number of carboxylic acid groups (broad SMARTS) is 1. The molecule has 1 fully saturated rings. The van der Waals surface area contributed by atoms with Gasteiger partial charge in [0.1, 0.15) is 29.9 Å². The average molecular weight is 705 g/mol. The Kier molecular flexibility index (Phi) is 11.2. The summed E-state index contributed by atoms with van der Waals surface area (Å²) in [6, 6.07) is 20.9. The summed E-state index contributed by atoms with van der Waals surface area (Å²) in [6.45, 7) is 0.178. The van der Waals surface area contributed by atoms with E-state index in [1.807, 2.05) is 0 Å². The fourth-order valence-electron chi connectivity index (χ4n) is 5.65. The second-order valence-electron chi connectivity index (χ2n) is 11.3. The van der Waals surface area contributed by atoms with Crippen LogP contribution in [0.4, 0.5) is 10.5 Å². The molecular formula is C36H33ClN2O11. The predicted molar refractivity (Wildman–Crippen MR) is 180 cm³/mol. The monoisotopic (exact) mass is 704 g/mol. The first-order chi connectivity index (χ1) is 24.0. The van der Waals surface area contributed by atoms with E-state index in [1.54, 1.807) is 60.7 Å². The number of hydrogen-bond donors (Lipinski definition) is 2. The van der Waals surface area contributed by atoms with Crippen LogP contribution in [0, 0.1) is 10.1 Å². The zero-order valence-electron chi connectivity index (χ0n) is 27.1. The van der Waals surface area contributed by atoms with E-state index in [2.05, 4.69) is 5.32 Å². The molecule has 13 nitrogen and oxygen atoms in total. The topological polar surface area (TPSA) is 173 Å². The molecule has 0 spiro atoms. The molecule has 14 heteroatoms. The minimum atomic E-state index is -1.31. The van der Waals surface area contributed by atoms with E-state index in [-0.39, 0.29) is 24.5 Å². The van der Waals surface area contributed by atoms with Crippen molar-refractivity contribution >= 4 is 35.3 Å². The molecule has 1 saturated heterocycles. The van der Waals surface area contributed by atoms with Crippen molar-refractivity contribution in [3.8, 4) is 28.4 Å². The number of carbonyl (C=O) groups excluding carboxylic acids is 2. The molecule has 2 N–H and O–H groups in total. The number of ether oxygens (including phenoxy) is 5. The van der Waals surface area contributed by atoms with E-state index in [4.69, 9.17) is 35.3 Å². The lowest BCUT2D eigenvalue weighted by molar-refractivity contribution is -0.384. The molecule has 1 aliphatic rings. The van der Waals surface area contributed by atoms with Crippen molar-refractivity contribution < 1.29 is 48.1 Å². The third kappa shape index (κ3) is 8.13. The Morgan fingerprint density at radius 1 is 0.960 bits per heavy atom. The van der Waals surface area contributed by atoms with Gasteiger partial charge in [-0.05, 0) is 71.5 Å². The van der Waals surface area contributed by atoms with Gasteiger partial charge < -0.3 is 34.1 Å². The Labute approximate surface area is 291 Å². The molecule has 1 heterocycles. The van der Waals surface area contributed by atoms with Gasteiger partial charge in [0.2, 0.25) is 0 Å². The second kappa shape index (κ2) is 15.7. The fraction of sp³-hybridized carbons (Fsp3) is 0.250. The molecule has 260 valence electrons. The summed E-state index contributed by atoms with van der Waals surface area (Å²) < 4.78 is 27.5. The molecule has 2 atom stereocenters. The van der Waals surface area contributed by atoms with E-state index in [1.165, 1.54) is 38.5 Å². The van der Waals surface area contributed by atoms with Gasteiger partial charge in [-0.3, -0.25) is 14.9 Å². The lowest BCUT2D eigenvalue weighted by atomic mass is 9.89. The van der Waals surface area contributed by atoms with Crippen LogP contribution in [0.1, 0.15) is 29.5 Å². The Morgan fingerprint density at radius 3 is 2.14 bits per heavy atom. The Bertz CT molecular complexity index is 1830. The predicted octanol–water partition coefficient (Wildman–Crippen LogP) is 6.47.